The fourth-order valence-electron chi connectivity index (χ4n) is 2.07. The first kappa shape index (κ1) is 13.8. The van der Waals surface area contributed by atoms with Gasteiger partial charge in [0.05, 0.1) is 22.6 Å². The summed E-state index contributed by atoms with van der Waals surface area (Å²) in [4.78, 5) is 8.43. The van der Waals surface area contributed by atoms with Crippen molar-refractivity contribution in [2.75, 3.05) is 13.2 Å². The number of nitrogens with zero attached hydrogens (tertiary/aromatic N) is 3. The van der Waals surface area contributed by atoms with Gasteiger partial charge in [-0.15, -0.1) is 0 Å². The second-order valence-electron chi connectivity index (χ2n) is 4.57. The maximum absolute atomic E-state index is 6.07. The van der Waals surface area contributed by atoms with Crippen molar-refractivity contribution in [1.82, 2.24) is 15.1 Å². The molecule has 2 unspecified atom stereocenters. The van der Waals surface area contributed by atoms with Gasteiger partial charge in [-0.05, 0) is 12.5 Å². The van der Waals surface area contributed by atoms with E-state index in [-0.39, 0.29) is 12.0 Å². The summed E-state index contributed by atoms with van der Waals surface area (Å²) in [5, 5.41) is 4.72. The first-order valence-electron chi connectivity index (χ1n) is 6.13. The molecule has 0 spiro atoms. The predicted molar refractivity (Wildman–Crippen MR) is 73.7 cm³/mol. The van der Waals surface area contributed by atoms with Crippen molar-refractivity contribution < 1.29 is 9.26 Å². The summed E-state index contributed by atoms with van der Waals surface area (Å²) in [5.74, 6) is 0.663. The van der Waals surface area contributed by atoms with Crippen molar-refractivity contribution in [3.8, 4) is 11.5 Å². The van der Waals surface area contributed by atoms with Crippen LogP contribution in [-0.4, -0.2) is 34.4 Å². The van der Waals surface area contributed by atoms with Crippen molar-refractivity contribution in [2.24, 2.45) is 5.73 Å². The highest BCUT2D eigenvalue weighted by molar-refractivity contribution is 6.35. The van der Waals surface area contributed by atoms with Gasteiger partial charge in [-0.25, -0.2) is 4.98 Å². The molecule has 0 radical (unpaired) electrons. The van der Waals surface area contributed by atoms with Crippen molar-refractivity contribution >= 4 is 23.2 Å². The summed E-state index contributed by atoms with van der Waals surface area (Å²) in [6.07, 6.45) is 2.25. The van der Waals surface area contributed by atoms with Gasteiger partial charge >= 0.3 is 0 Å². The highest BCUT2D eigenvalue weighted by Gasteiger charge is 2.29. The molecule has 0 bridgehead atoms. The van der Waals surface area contributed by atoms with Crippen LogP contribution in [-0.2, 0) is 4.74 Å². The largest absolute Gasteiger partial charge is 0.381 e. The Morgan fingerprint density at radius 1 is 1.35 bits per heavy atom. The van der Waals surface area contributed by atoms with Crippen molar-refractivity contribution in [1.29, 1.82) is 0 Å². The zero-order valence-corrected chi connectivity index (χ0v) is 11.9. The van der Waals surface area contributed by atoms with Crippen LogP contribution in [0.2, 0.25) is 10.0 Å². The van der Waals surface area contributed by atoms with Crippen molar-refractivity contribution in [3.05, 3.63) is 28.2 Å². The number of nitrogens with two attached hydrogens (primary N) is 1. The van der Waals surface area contributed by atoms with Gasteiger partial charge in [0, 0.05) is 18.8 Å². The Bertz CT molecular complexity index is 619. The molecule has 0 aromatic carbocycles. The van der Waals surface area contributed by atoms with Crippen LogP contribution in [0, 0.1) is 0 Å². The molecule has 0 saturated carbocycles. The van der Waals surface area contributed by atoms with Crippen LogP contribution in [0.1, 0.15) is 18.2 Å². The molecule has 1 aliphatic rings. The molecule has 8 heteroatoms. The van der Waals surface area contributed by atoms with Crippen LogP contribution in [0.15, 0.2) is 16.8 Å². The third-order valence-electron chi connectivity index (χ3n) is 3.19. The van der Waals surface area contributed by atoms with Gasteiger partial charge in [0.1, 0.15) is 5.69 Å². The number of halogens is 2. The highest BCUT2D eigenvalue weighted by Crippen LogP contribution is 2.29. The van der Waals surface area contributed by atoms with E-state index < -0.39 is 0 Å². The lowest BCUT2D eigenvalue weighted by Gasteiger charge is -2.25. The summed E-state index contributed by atoms with van der Waals surface area (Å²) in [5.41, 5.74) is 6.47. The summed E-state index contributed by atoms with van der Waals surface area (Å²) in [6.45, 7) is 1.13. The predicted octanol–water partition coefficient (Wildman–Crippen LogP) is 2.27. The van der Waals surface area contributed by atoms with E-state index in [1.54, 1.807) is 6.07 Å². The Kier molecular flexibility index (Phi) is 3.89. The van der Waals surface area contributed by atoms with E-state index in [0.717, 1.165) is 6.42 Å². The lowest BCUT2D eigenvalue weighted by molar-refractivity contribution is 0.0590. The SMILES string of the molecule is NC1CCOCC1c1nc(-c2ncc(Cl)cc2Cl)no1. The van der Waals surface area contributed by atoms with E-state index in [1.165, 1.54) is 6.20 Å². The van der Waals surface area contributed by atoms with E-state index in [1.807, 2.05) is 0 Å². The van der Waals surface area contributed by atoms with E-state index >= 15 is 0 Å². The van der Waals surface area contributed by atoms with Gasteiger partial charge in [0.2, 0.25) is 11.7 Å². The van der Waals surface area contributed by atoms with E-state index in [9.17, 15) is 0 Å². The molecule has 2 aromatic rings. The maximum Gasteiger partial charge on any atom is 0.234 e. The van der Waals surface area contributed by atoms with Gasteiger partial charge in [0.25, 0.3) is 0 Å². The van der Waals surface area contributed by atoms with Crippen LogP contribution in [0.4, 0.5) is 0 Å². The molecule has 6 nitrogen and oxygen atoms in total. The minimum Gasteiger partial charge on any atom is -0.381 e. The number of hydrogen-bond acceptors (Lipinski definition) is 6. The maximum atomic E-state index is 6.07. The van der Waals surface area contributed by atoms with E-state index in [2.05, 4.69) is 15.1 Å². The molecule has 0 amide bonds. The fraction of sp³-hybridized carbons (Fsp3) is 0.417. The second-order valence-corrected chi connectivity index (χ2v) is 5.42. The van der Waals surface area contributed by atoms with E-state index in [0.29, 0.717) is 40.7 Å². The molecule has 1 fully saturated rings. The Labute approximate surface area is 125 Å². The molecule has 0 aliphatic carbocycles. The molecule has 1 saturated heterocycles. The second kappa shape index (κ2) is 5.65. The van der Waals surface area contributed by atoms with Gasteiger partial charge in [-0.2, -0.15) is 4.98 Å². The van der Waals surface area contributed by atoms with Crippen LogP contribution in [0.25, 0.3) is 11.5 Å². The van der Waals surface area contributed by atoms with Crippen molar-refractivity contribution in [2.45, 2.75) is 18.4 Å². The van der Waals surface area contributed by atoms with Crippen LogP contribution in [0.5, 0.6) is 0 Å². The molecule has 2 atom stereocenters. The van der Waals surface area contributed by atoms with Gasteiger partial charge < -0.3 is 15.0 Å². The normalized spacial score (nSPS) is 22.9. The first-order chi connectivity index (χ1) is 9.65. The minimum atomic E-state index is -0.101. The zero-order valence-electron chi connectivity index (χ0n) is 10.4. The number of pyridine rings is 1. The average Bonchev–Trinajstić information content (AvgIpc) is 2.88. The number of hydrogen-bond donors (Lipinski definition) is 1. The first-order valence-corrected chi connectivity index (χ1v) is 6.89. The third-order valence-corrected chi connectivity index (χ3v) is 3.68. The molecule has 20 heavy (non-hydrogen) atoms. The Morgan fingerprint density at radius 3 is 2.95 bits per heavy atom. The van der Waals surface area contributed by atoms with Gasteiger partial charge in [0.15, 0.2) is 0 Å². The standard InChI is InChI=1S/C12H12Cl2N4O2/c13-6-3-8(14)10(16-4-6)11-17-12(20-18-11)7-5-19-2-1-9(7)15/h3-4,7,9H,1-2,5,15H2. The Hall–Kier alpha value is -1.21. The van der Waals surface area contributed by atoms with Crippen LogP contribution < -0.4 is 5.73 Å². The molecule has 1 aliphatic heterocycles. The number of aromatic nitrogens is 3. The molecular formula is C12H12Cl2N4O2. The topological polar surface area (TPSA) is 87.1 Å². The van der Waals surface area contributed by atoms with Crippen LogP contribution >= 0.6 is 23.2 Å². The van der Waals surface area contributed by atoms with Gasteiger partial charge in [-0.3, -0.25) is 0 Å². The quantitative estimate of drug-likeness (QED) is 0.915. The zero-order chi connectivity index (χ0) is 14.1. The van der Waals surface area contributed by atoms with Crippen LogP contribution in [0.3, 0.4) is 0 Å². The molecule has 2 aromatic heterocycles. The summed E-state index contributed by atoms with van der Waals surface area (Å²) in [6, 6.07) is 1.53. The molecule has 3 rings (SSSR count). The molecule has 2 N–H and O–H groups in total. The average molecular weight is 315 g/mol. The van der Waals surface area contributed by atoms with Crippen molar-refractivity contribution in [3.63, 3.8) is 0 Å². The lowest BCUT2D eigenvalue weighted by Crippen LogP contribution is -2.37. The fourth-order valence-corrected chi connectivity index (χ4v) is 2.53. The third kappa shape index (κ3) is 2.64. The smallest absolute Gasteiger partial charge is 0.234 e. The Morgan fingerprint density at radius 2 is 2.20 bits per heavy atom. The monoisotopic (exact) mass is 314 g/mol. The summed E-state index contributed by atoms with van der Waals surface area (Å²) < 4.78 is 10.7. The number of rotatable bonds is 2. The Balaban J connectivity index is 1.89. The summed E-state index contributed by atoms with van der Waals surface area (Å²) in [7, 11) is 0. The number of ether oxygens (including phenoxy) is 1. The highest BCUT2D eigenvalue weighted by atomic mass is 35.5. The molecular weight excluding hydrogens is 303 g/mol. The lowest BCUT2D eigenvalue weighted by atomic mass is 9.97. The molecule has 106 valence electrons. The van der Waals surface area contributed by atoms with Gasteiger partial charge in [-0.1, -0.05) is 28.4 Å². The summed E-state index contributed by atoms with van der Waals surface area (Å²) >= 11 is 11.9. The molecule has 3 heterocycles. The van der Waals surface area contributed by atoms with E-state index in [4.69, 9.17) is 38.2 Å². The minimum absolute atomic E-state index is 0.0503.